The van der Waals surface area contributed by atoms with Crippen LogP contribution in [0.15, 0.2) is 24.3 Å². The number of rotatable bonds is 5. The molecule has 1 aromatic rings. The van der Waals surface area contributed by atoms with Crippen LogP contribution < -0.4 is 5.32 Å². The lowest BCUT2D eigenvalue weighted by Gasteiger charge is -2.43. The summed E-state index contributed by atoms with van der Waals surface area (Å²) in [5.41, 5.74) is -0.999. The summed E-state index contributed by atoms with van der Waals surface area (Å²) in [5.74, 6) is -0.0895. The average Bonchev–Trinajstić information content (AvgIpc) is 2.43. The van der Waals surface area contributed by atoms with Crippen molar-refractivity contribution in [2.75, 3.05) is 27.2 Å². The van der Waals surface area contributed by atoms with Crippen LogP contribution in [0.3, 0.4) is 0 Å². The lowest BCUT2D eigenvalue weighted by molar-refractivity contribution is -0.141. The van der Waals surface area contributed by atoms with E-state index < -0.39 is 17.2 Å². The highest BCUT2D eigenvalue weighted by atomic mass is 19.4. The van der Waals surface area contributed by atoms with Gasteiger partial charge in [-0.2, -0.15) is 13.2 Å². The van der Waals surface area contributed by atoms with Crippen LogP contribution in [0.25, 0.3) is 0 Å². The highest BCUT2D eigenvalue weighted by Crippen LogP contribution is 2.46. The Morgan fingerprint density at radius 3 is 2.55 bits per heavy atom. The molecule has 22 heavy (non-hydrogen) atoms. The van der Waals surface area contributed by atoms with E-state index in [-0.39, 0.29) is 5.91 Å². The first kappa shape index (κ1) is 16.8. The second-order valence-corrected chi connectivity index (χ2v) is 5.84. The van der Waals surface area contributed by atoms with Crippen molar-refractivity contribution >= 4 is 5.91 Å². The van der Waals surface area contributed by atoms with Crippen molar-refractivity contribution < 1.29 is 18.0 Å². The number of nitrogens with zero attached hydrogens (tertiary/aromatic N) is 1. The molecule has 1 aliphatic rings. The van der Waals surface area contributed by atoms with E-state index in [1.165, 1.54) is 6.07 Å². The molecular weight excluding hydrogens is 293 g/mol. The van der Waals surface area contributed by atoms with Gasteiger partial charge in [-0.15, -0.1) is 0 Å². The fourth-order valence-corrected chi connectivity index (χ4v) is 2.90. The molecule has 1 N–H and O–H groups in total. The van der Waals surface area contributed by atoms with E-state index in [0.29, 0.717) is 31.5 Å². The van der Waals surface area contributed by atoms with Gasteiger partial charge in [-0.05, 0) is 31.5 Å². The second-order valence-electron chi connectivity index (χ2n) is 5.84. The summed E-state index contributed by atoms with van der Waals surface area (Å²) in [6.07, 6.45) is -2.31. The van der Waals surface area contributed by atoms with Crippen molar-refractivity contribution in [1.29, 1.82) is 0 Å². The Kier molecular flexibility index (Phi) is 4.80. The van der Waals surface area contributed by atoms with Crippen LogP contribution in [-0.2, 0) is 16.4 Å². The summed E-state index contributed by atoms with van der Waals surface area (Å²) >= 11 is 0. The molecule has 3 nitrogen and oxygen atoms in total. The van der Waals surface area contributed by atoms with Gasteiger partial charge in [0.2, 0.25) is 5.91 Å². The quantitative estimate of drug-likeness (QED) is 0.906. The number of amides is 1. The van der Waals surface area contributed by atoms with E-state index in [9.17, 15) is 18.0 Å². The predicted molar refractivity (Wildman–Crippen MR) is 78.5 cm³/mol. The number of benzene rings is 1. The third-order valence-electron chi connectivity index (χ3n) is 4.40. The minimum atomic E-state index is -4.39. The van der Waals surface area contributed by atoms with Crippen molar-refractivity contribution in [2.24, 2.45) is 0 Å². The lowest BCUT2D eigenvalue weighted by Crippen LogP contribution is -2.51. The standard InChI is InChI=1S/C16H21F3N2O/c1-20-9-10-21(2)14(22)15(7-4-8-15)12-5-3-6-13(11-12)16(17,18)19/h3,5-6,11,20H,4,7-10H2,1-2H3. The lowest BCUT2D eigenvalue weighted by atomic mass is 9.63. The maximum atomic E-state index is 12.9. The van der Waals surface area contributed by atoms with Crippen molar-refractivity contribution in [3.63, 3.8) is 0 Å². The average molecular weight is 314 g/mol. The Balaban J connectivity index is 2.29. The van der Waals surface area contributed by atoms with Gasteiger partial charge in [-0.3, -0.25) is 4.79 Å². The fourth-order valence-electron chi connectivity index (χ4n) is 2.90. The third-order valence-corrected chi connectivity index (χ3v) is 4.40. The molecular formula is C16H21F3N2O. The van der Waals surface area contributed by atoms with Crippen LogP contribution in [0.2, 0.25) is 0 Å². The number of alkyl halides is 3. The van der Waals surface area contributed by atoms with Crippen molar-refractivity contribution in [1.82, 2.24) is 10.2 Å². The number of carbonyl (C=O) groups is 1. The van der Waals surface area contributed by atoms with E-state index in [1.54, 1.807) is 25.1 Å². The normalized spacial score (nSPS) is 17.0. The van der Waals surface area contributed by atoms with E-state index in [4.69, 9.17) is 0 Å². The van der Waals surface area contributed by atoms with Gasteiger partial charge in [0.1, 0.15) is 0 Å². The molecule has 0 spiro atoms. The SMILES string of the molecule is CNCCN(C)C(=O)C1(c2cccc(C(F)(F)F)c2)CCC1. The molecule has 0 atom stereocenters. The van der Waals surface area contributed by atoms with Gasteiger partial charge in [0.25, 0.3) is 0 Å². The molecule has 1 aliphatic carbocycles. The molecule has 0 aromatic heterocycles. The molecule has 1 amide bonds. The number of likely N-dealkylation sites (N-methyl/N-ethyl adjacent to an activating group) is 2. The molecule has 0 saturated heterocycles. The summed E-state index contributed by atoms with van der Waals surface area (Å²) in [6, 6.07) is 5.20. The van der Waals surface area contributed by atoms with Gasteiger partial charge in [-0.25, -0.2) is 0 Å². The third kappa shape index (κ3) is 3.11. The Morgan fingerprint density at radius 2 is 2.05 bits per heavy atom. The smallest absolute Gasteiger partial charge is 0.344 e. The van der Waals surface area contributed by atoms with E-state index in [2.05, 4.69) is 5.32 Å². The van der Waals surface area contributed by atoms with E-state index >= 15 is 0 Å². The second kappa shape index (κ2) is 6.28. The van der Waals surface area contributed by atoms with Gasteiger partial charge >= 0.3 is 6.18 Å². The molecule has 0 bridgehead atoms. The highest BCUT2D eigenvalue weighted by Gasteiger charge is 2.47. The van der Waals surface area contributed by atoms with Gasteiger partial charge in [-0.1, -0.05) is 24.6 Å². The maximum absolute atomic E-state index is 12.9. The summed E-state index contributed by atoms with van der Waals surface area (Å²) in [7, 11) is 3.50. The van der Waals surface area contributed by atoms with Gasteiger partial charge < -0.3 is 10.2 Å². The molecule has 6 heteroatoms. The minimum Gasteiger partial charge on any atom is -0.344 e. The predicted octanol–water partition coefficient (Wildman–Crippen LogP) is 2.80. The van der Waals surface area contributed by atoms with Crippen molar-refractivity contribution in [3.8, 4) is 0 Å². The molecule has 0 unspecified atom stereocenters. The Bertz CT molecular complexity index is 538. The number of hydrogen-bond acceptors (Lipinski definition) is 2. The first-order valence-corrected chi connectivity index (χ1v) is 7.39. The van der Waals surface area contributed by atoms with Crippen LogP contribution in [0.1, 0.15) is 30.4 Å². The van der Waals surface area contributed by atoms with E-state index in [0.717, 1.165) is 18.6 Å². The fraction of sp³-hybridized carbons (Fsp3) is 0.562. The molecule has 1 fully saturated rings. The van der Waals surface area contributed by atoms with E-state index in [1.807, 2.05) is 0 Å². The van der Waals surface area contributed by atoms with Crippen LogP contribution in [-0.4, -0.2) is 38.0 Å². The summed E-state index contributed by atoms with van der Waals surface area (Å²) in [5, 5.41) is 2.97. The monoisotopic (exact) mass is 314 g/mol. The molecule has 1 saturated carbocycles. The minimum absolute atomic E-state index is 0.0895. The first-order chi connectivity index (χ1) is 10.3. The number of halogens is 3. The van der Waals surface area contributed by atoms with Crippen molar-refractivity contribution in [2.45, 2.75) is 30.9 Å². The van der Waals surface area contributed by atoms with Crippen LogP contribution in [0.5, 0.6) is 0 Å². The van der Waals surface area contributed by atoms with Crippen molar-refractivity contribution in [3.05, 3.63) is 35.4 Å². The molecule has 2 rings (SSSR count). The topological polar surface area (TPSA) is 32.3 Å². The van der Waals surface area contributed by atoms with Gasteiger partial charge in [0.15, 0.2) is 0 Å². The zero-order valence-corrected chi connectivity index (χ0v) is 12.8. The largest absolute Gasteiger partial charge is 0.416 e. The summed E-state index contributed by atoms with van der Waals surface area (Å²) in [4.78, 5) is 14.3. The molecule has 1 aromatic carbocycles. The Hall–Kier alpha value is -1.56. The van der Waals surface area contributed by atoms with Crippen LogP contribution >= 0.6 is 0 Å². The molecule has 122 valence electrons. The van der Waals surface area contributed by atoms with Crippen LogP contribution in [0.4, 0.5) is 13.2 Å². The van der Waals surface area contributed by atoms with Crippen LogP contribution in [0, 0.1) is 0 Å². The number of nitrogens with one attached hydrogen (secondary N) is 1. The summed E-state index contributed by atoms with van der Waals surface area (Å²) in [6.45, 7) is 1.19. The zero-order chi connectivity index (χ0) is 16.4. The number of hydrogen-bond donors (Lipinski definition) is 1. The van der Waals surface area contributed by atoms with Gasteiger partial charge in [0, 0.05) is 20.1 Å². The molecule has 0 aliphatic heterocycles. The molecule has 0 heterocycles. The number of carbonyl (C=O) groups excluding carboxylic acids is 1. The molecule has 0 radical (unpaired) electrons. The zero-order valence-electron chi connectivity index (χ0n) is 12.8. The maximum Gasteiger partial charge on any atom is 0.416 e. The Morgan fingerprint density at radius 1 is 1.36 bits per heavy atom. The Labute approximate surface area is 128 Å². The highest BCUT2D eigenvalue weighted by molar-refractivity contribution is 5.89. The first-order valence-electron chi connectivity index (χ1n) is 7.39. The van der Waals surface area contributed by atoms with Gasteiger partial charge in [0.05, 0.1) is 11.0 Å². The summed E-state index contributed by atoms with van der Waals surface area (Å²) < 4.78 is 38.7.